The Bertz CT molecular complexity index is 1370. The molecule has 2 amide bonds. The van der Waals surface area contributed by atoms with Crippen LogP contribution in [0.2, 0.25) is 0 Å². The minimum absolute atomic E-state index is 0.150. The Labute approximate surface area is 190 Å². The summed E-state index contributed by atoms with van der Waals surface area (Å²) in [4.78, 5) is 26.9. The van der Waals surface area contributed by atoms with Crippen molar-refractivity contribution in [1.82, 2.24) is 29.4 Å². The van der Waals surface area contributed by atoms with Gasteiger partial charge in [-0.15, -0.1) is 0 Å². The summed E-state index contributed by atoms with van der Waals surface area (Å²) in [5, 5.41) is 2.25. The van der Waals surface area contributed by atoms with Crippen LogP contribution in [0.5, 0.6) is 5.88 Å². The molecule has 3 rings (SSSR count). The lowest BCUT2D eigenvalue weighted by molar-refractivity contribution is 0.256. The van der Waals surface area contributed by atoms with E-state index in [4.69, 9.17) is 4.74 Å². The number of nitrogens with one attached hydrogen (secondary N) is 4. The number of H-pyrrole nitrogens is 1. The number of imidazole rings is 1. The van der Waals surface area contributed by atoms with Crippen LogP contribution in [0.25, 0.3) is 11.4 Å². The van der Waals surface area contributed by atoms with Crippen LogP contribution in [-0.2, 0) is 26.6 Å². The van der Waals surface area contributed by atoms with E-state index in [0.29, 0.717) is 11.3 Å². The second kappa shape index (κ2) is 9.51. The highest BCUT2D eigenvalue weighted by atomic mass is 32.2. The van der Waals surface area contributed by atoms with Crippen molar-refractivity contribution in [2.24, 2.45) is 0 Å². The number of urea groups is 1. The fourth-order valence-corrected chi connectivity index (χ4v) is 4.32. The lowest BCUT2D eigenvalue weighted by Crippen LogP contribution is -2.35. The first-order chi connectivity index (χ1) is 15.5. The number of rotatable bonds is 8. The molecule has 2 aromatic heterocycles. The number of aryl methyl sites for hydroxylation is 1. The molecule has 2 heterocycles. The van der Waals surface area contributed by atoms with Crippen LogP contribution in [0.1, 0.15) is 11.3 Å². The minimum atomic E-state index is -4.42. The monoisotopic (exact) mass is 495 g/mol. The van der Waals surface area contributed by atoms with E-state index in [1.165, 1.54) is 37.7 Å². The maximum Gasteiger partial charge on any atom is 0.335 e. The molecule has 1 aromatic carbocycles. The number of nitrogens with zero attached hydrogens (tertiary/aromatic N) is 3. The third-order valence-corrected chi connectivity index (χ3v) is 6.16. The first-order valence-corrected chi connectivity index (χ1v) is 12.6. The molecule has 0 saturated carbocycles. The molecule has 3 aromatic rings. The van der Waals surface area contributed by atoms with Gasteiger partial charge in [0.25, 0.3) is 10.0 Å². The molecule has 15 heteroatoms. The van der Waals surface area contributed by atoms with Crippen molar-refractivity contribution in [2.45, 2.75) is 18.4 Å². The van der Waals surface area contributed by atoms with Gasteiger partial charge in [-0.1, -0.05) is 6.07 Å². The number of amides is 2. The van der Waals surface area contributed by atoms with Gasteiger partial charge in [0, 0.05) is 36.3 Å². The number of aromatic amines is 1. The molecule has 0 radical (unpaired) electrons. The van der Waals surface area contributed by atoms with Crippen LogP contribution >= 0.6 is 0 Å². The lowest BCUT2D eigenvalue weighted by atomic mass is 10.1. The van der Waals surface area contributed by atoms with Crippen LogP contribution < -0.4 is 19.5 Å². The molecule has 0 unspecified atom stereocenters. The lowest BCUT2D eigenvalue weighted by Gasteiger charge is -2.13. The number of benzene rings is 1. The van der Waals surface area contributed by atoms with Crippen LogP contribution in [-0.4, -0.2) is 56.2 Å². The predicted octanol–water partition coefficient (Wildman–Crippen LogP) is 0.743. The Balaban J connectivity index is 1.91. The zero-order valence-electron chi connectivity index (χ0n) is 17.8. The second-order valence-electron chi connectivity index (χ2n) is 6.80. The minimum Gasteiger partial charge on any atom is -0.481 e. The van der Waals surface area contributed by atoms with Gasteiger partial charge in [-0.25, -0.2) is 41.0 Å². The zero-order valence-corrected chi connectivity index (χ0v) is 19.4. The number of hydrogen-bond donors (Lipinski definition) is 4. The van der Waals surface area contributed by atoms with Gasteiger partial charge in [-0.3, -0.25) is 5.32 Å². The average Bonchev–Trinajstić information content (AvgIpc) is 3.25. The quantitative estimate of drug-likeness (QED) is 0.350. The van der Waals surface area contributed by atoms with Gasteiger partial charge >= 0.3 is 6.03 Å². The second-order valence-corrected chi connectivity index (χ2v) is 10.3. The van der Waals surface area contributed by atoms with E-state index in [1.54, 1.807) is 13.0 Å². The van der Waals surface area contributed by atoms with Gasteiger partial charge in [0.15, 0.2) is 0 Å². The Morgan fingerprint density at radius 3 is 2.55 bits per heavy atom. The average molecular weight is 496 g/mol. The Morgan fingerprint density at radius 2 is 1.91 bits per heavy atom. The van der Waals surface area contributed by atoms with Gasteiger partial charge in [-0.2, -0.15) is 4.98 Å². The molecule has 0 spiro atoms. The molecule has 0 saturated heterocycles. The third kappa shape index (κ3) is 6.47. The zero-order chi connectivity index (χ0) is 24.2. The number of aromatic nitrogens is 4. The van der Waals surface area contributed by atoms with Crippen molar-refractivity contribution >= 4 is 32.0 Å². The SMILES string of the molecule is COc1cc(C)nc(NC(=O)NS(=O)(=O)c2cc(CNS(C)(=O)=O)ccc2-c2ncc[nH]2)n1. The molecule has 0 aliphatic heterocycles. The molecule has 0 bridgehead atoms. The van der Waals surface area contributed by atoms with Crippen LogP contribution in [0.3, 0.4) is 0 Å². The predicted molar refractivity (Wildman–Crippen MR) is 118 cm³/mol. The van der Waals surface area contributed by atoms with E-state index in [9.17, 15) is 21.6 Å². The molecule has 0 atom stereocenters. The summed E-state index contributed by atoms with van der Waals surface area (Å²) in [5.74, 6) is 0.272. The molecule has 176 valence electrons. The van der Waals surface area contributed by atoms with E-state index < -0.39 is 26.1 Å². The third-order valence-electron chi connectivity index (χ3n) is 4.12. The number of hydrogen-bond acceptors (Lipinski definition) is 9. The molecular formula is C18H21N7O6S2. The van der Waals surface area contributed by atoms with Crippen LogP contribution in [0, 0.1) is 6.92 Å². The molecule has 0 aliphatic carbocycles. The molecule has 4 N–H and O–H groups in total. The van der Waals surface area contributed by atoms with Gasteiger partial charge < -0.3 is 9.72 Å². The summed E-state index contributed by atoms with van der Waals surface area (Å²) in [6.45, 7) is 1.50. The summed E-state index contributed by atoms with van der Waals surface area (Å²) >= 11 is 0. The highest BCUT2D eigenvalue weighted by molar-refractivity contribution is 7.90. The standard InChI is InChI=1S/C18H21N7O6S2/c1-11-8-15(31-2)23-17(22-11)24-18(26)25-33(29,30)14-9-12(10-21-32(3,27)28)4-5-13(14)16-19-6-7-20-16/h4-9,21H,10H2,1-3H3,(H,19,20)(H2,22,23,24,25,26). The molecule has 13 nitrogen and oxygen atoms in total. The van der Waals surface area contributed by atoms with Crippen molar-refractivity contribution in [3.63, 3.8) is 0 Å². The van der Waals surface area contributed by atoms with Gasteiger partial charge in [0.2, 0.25) is 21.9 Å². The summed E-state index contributed by atoms with van der Waals surface area (Å²) in [6.07, 6.45) is 3.93. The number of carbonyl (C=O) groups is 1. The van der Waals surface area contributed by atoms with Crippen molar-refractivity contribution in [1.29, 1.82) is 0 Å². The van der Waals surface area contributed by atoms with E-state index in [1.807, 2.05) is 4.72 Å². The van der Waals surface area contributed by atoms with E-state index >= 15 is 0 Å². The molecular weight excluding hydrogens is 474 g/mol. The Kier molecular flexibility index (Phi) is 6.95. The normalized spacial score (nSPS) is 11.7. The highest BCUT2D eigenvalue weighted by Gasteiger charge is 2.24. The van der Waals surface area contributed by atoms with E-state index in [2.05, 4.69) is 30.0 Å². The fraction of sp³-hybridized carbons (Fsp3) is 0.222. The van der Waals surface area contributed by atoms with Crippen molar-refractivity contribution in [3.8, 4) is 17.3 Å². The fourth-order valence-electron chi connectivity index (χ4n) is 2.73. The topological polar surface area (TPSA) is 185 Å². The first kappa shape index (κ1) is 24.1. The first-order valence-electron chi connectivity index (χ1n) is 9.27. The van der Waals surface area contributed by atoms with Gasteiger partial charge in [-0.05, 0) is 24.6 Å². The number of anilines is 1. The number of carbonyl (C=O) groups excluding carboxylic acids is 1. The Morgan fingerprint density at radius 1 is 1.15 bits per heavy atom. The molecule has 0 fully saturated rings. The molecule has 0 aliphatic rings. The number of ether oxygens (including phenoxy) is 1. The van der Waals surface area contributed by atoms with Crippen molar-refractivity contribution < 1.29 is 26.4 Å². The smallest absolute Gasteiger partial charge is 0.335 e. The van der Waals surface area contributed by atoms with Gasteiger partial charge in [0.05, 0.1) is 18.3 Å². The van der Waals surface area contributed by atoms with Crippen molar-refractivity contribution in [3.05, 3.63) is 47.9 Å². The van der Waals surface area contributed by atoms with E-state index in [-0.39, 0.29) is 34.7 Å². The maximum atomic E-state index is 13.1. The Hall–Kier alpha value is -3.56. The van der Waals surface area contributed by atoms with E-state index in [0.717, 1.165) is 6.26 Å². The van der Waals surface area contributed by atoms with Gasteiger partial charge in [0.1, 0.15) is 5.82 Å². The largest absolute Gasteiger partial charge is 0.481 e. The molecule has 33 heavy (non-hydrogen) atoms. The number of sulfonamides is 2. The maximum absolute atomic E-state index is 13.1. The van der Waals surface area contributed by atoms with Crippen LogP contribution in [0.15, 0.2) is 41.6 Å². The summed E-state index contributed by atoms with van der Waals surface area (Å²) in [7, 11) is -6.55. The van der Waals surface area contributed by atoms with Crippen molar-refractivity contribution in [2.75, 3.05) is 18.7 Å². The summed E-state index contributed by atoms with van der Waals surface area (Å²) in [5.41, 5.74) is 1.02. The van der Waals surface area contributed by atoms with Crippen LogP contribution in [0.4, 0.5) is 10.7 Å². The number of methoxy groups -OCH3 is 1. The summed E-state index contributed by atoms with van der Waals surface area (Å²) in [6, 6.07) is 4.68. The highest BCUT2D eigenvalue weighted by Crippen LogP contribution is 2.26. The summed E-state index contributed by atoms with van der Waals surface area (Å²) < 4.78 is 58.1.